The third-order valence-electron chi connectivity index (χ3n) is 7.29. The molecule has 0 aromatic carbocycles. The zero-order valence-electron chi connectivity index (χ0n) is 15.3. The quantitative estimate of drug-likeness (QED) is 0.725. The first-order valence-corrected chi connectivity index (χ1v) is 9.26. The zero-order valence-corrected chi connectivity index (χ0v) is 15.3. The standard InChI is InChI=1S/C20H34O3/c1-6-13(2)16(21)12-15-14(3)8-9-17-19(15,4)10-7-11-20(17,5)18(22)23/h13,15-17,21H,3,6-12H2,1-2,4-5H3,(H,22,23). The number of carboxylic acid groups (broad SMARTS) is 1. The Bertz CT molecular complexity index is 472. The van der Waals surface area contributed by atoms with E-state index in [1.165, 1.54) is 5.57 Å². The fourth-order valence-corrected chi connectivity index (χ4v) is 5.39. The number of aliphatic carboxylic acids is 1. The van der Waals surface area contributed by atoms with Gasteiger partial charge in [0.1, 0.15) is 0 Å². The van der Waals surface area contributed by atoms with Crippen LogP contribution in [0.5, 0.6) is 0 Å². The van der Waals surface area contributed by atoms with Crippen molar-refractivity contribution in [2.24, 2.45) is 28.6 Å². The molecular formula is C20H34O3. The van der Waals surface area contributed by atoms with Gasteiger partial charge in [0.05, 0.1) is 11.5 Å². The second-order valence-electron chi connectivity index (χ2n) is 8.57. The summed E-state index contributed by atoms with van der Waals surface area (Å²) in [5.74, 6) is 0.0495. The normalized spacial score (nSPS) is 40.3. The number of rotatable bonds is 5. The maximum Gasteiger partial charge on any atom is 0.309 e. The van der Waals surface area contributed by atoms with Gasteiger partial charge in [0.25, 0.3) is 0 Å². The van der Waals surface area contributed by atoms with Gasteiger partial charge in [-0.25, -0.2) is 0 Å². The van der Waals surface area contributed by atoms with Crippen LogP contribution in [-0.2, 0) is 4.79 Å². The molecule has 132 valence electrons. The summed E-state index contributed by atoms with van der Waals surface area (Å²) >= 11 is 0. The van der Waals surface area contributed by atoms with Crippen LogP contribution in [-0.4, -0.2) is 22.3 Å². The minimum atomic E-state index is -0.651. The number of fused-ring (bicyclic) bond motifs is 1. The van der Waals surface area contributed by atoms with Gasteiger partial charge in [-0.15, -0.1) is 0 Å². The minimum Gasteiger partial charge on any atom is -0.481 e. The molecule has 0 bridgehead atoms. The molecule has 2 saturated carbocycles. The van der Waals surface area contributed by atoms with E-state index in [0.717, 1.165) is 44.9 Å². The van der Waals surface area contributed by atoms with Crippen molar-refractivity contribution in [2.45, 2.75) is 78.7 Å². The van der Waals surface area contributed by atoms with Gasteiger partial charge >= 0.3 is 5.97 Å². The van der Waals surface area contributed by atoms with E-state index in [4.69, 9.17) is 0 Å². The van der Waals surface area contributed by atoms with Gasteiger partial charge in [-0.1, -0.05) is 45.8 Å². The summed E-state index contributed by atoms with van der Waals surface area (Å²) in [6.45, 7) is 12.7. The summed E-state index contributed by atoms with van der Waals surface area (Å²) in [5.41, 5.74) is 0.545. The van der Waals surface area contributed by atoms with Gasteiger partial charge < -0.3 is 10.2 Å². The van der Waals surface area contributed by atoms with E-state index in [1.807, 2.05) is 6.92 Å². The lowest BCUT2D eigenvalue weighted by Crippen LogP contribution is -2.54. The molecule has 3 nitrogen and oxygen atoms in total. The van der Waals surface area contributed by atoms with Crippen LogP contribution in [0.3, 0.4) is 0 Å². The Morgan fingerprint density at radius 1 is 1.39 bits per heavy atom. The van der Waals surface area contributed by atoms with Crippen molar-refractivity contribution >= 4 is 5.97 Å². The van der Waals surface area contributed by atoms with Gasteiger partial charge in [0.2, 0.25) is 0 Å². The zero-order chi connectivity index (χ0) is 17.4. The second kappa shape index (κ2) is 6.58. The van der Waals surface area contributed by atoms with Crippen LogP contribution >= 0.6 is 0 Å². The number of carbonyl (C=O) groups is 1. The van der Waals surface area contributed by atoms with Crippen molar-refractivity contribution in [2.75, 3.05) is 0 Å². The first-order valence-electron chi connectivity index (χ1n) is 9.26. The molecule has 23 heavy (non-hydrogen) atoms. The van der Waals surface area contributed by atoms with Crippen molar-refractivity contribution in [1.29, 1.82) is 0 Å². The fourth-order valence-electron chi connectivity index (χ4n) is 5.39. The molecule has 0 saturated heterocycles. The molecule has 2 rings (SSSR count). The first kappa shape index (κ1) is 18.5. The van der Waals surface area contributed by atoms with Gasteiger partial charge in [-0.2, -0.15) is 0 Å². The van der Waals surface area contributed by atoms with Crippen molar-refractivity contribution in [1.82, 2.24) is 0 Å². The number of aliphatic hydroxyl groups excluding tert-OH is 1. The summed E-state index contributed by atoms with van der Waals surface area (Å²) in [6, 6.07) is 0. The Labute approximate surface area is 141 Å². The molecule has 0 spiro atoms. The average Bonchev–Trinajstić information content (AvgIpc) is 2.49. The van der Waals surface area contributed by atoms with Crippen LogP contribution in [0, 0.1) is 28.6 Å². The summed E-state index contributed by atoms with van der Waals surface area (Å²) in [5, 5.41) is 20.4. The Balaban J connectivity index is 2.31. The van der Waals surface area contributed by atoms with Crippen molar-refractivity contribution < 1.29 is 15.0 Å². The maximum atomic E-state index is 12.0. The molecule has 3 heteroatoms. The summed E-state index contributed by atoms with van der Waals surface area (Å²) in [6.07, 6.45) is 5.99. The lowest BCUT2D eigenvalue weighted by Gasteiger charge is -2.57. The van der Waals surface area contributed by atoms with Gasteiger partial charge in [-0.3, -0.25) is 4.79 Å². The number of aliphatic hydroxyl groups is 1. The molecule has 0 aliphatic heterocycles. The molecule has 0 aromatic rings. The minimum absolute atomic E-state index is 0.0465. The summed E-state index contributed by atoms with van der Waals surface area (Å²) < 4.78 is 0. The molecule has 0 heterocycles. The van der Waals surface area contributed by atoms with Crippen molar-refractivity contribution in [3.8, 4) is 0 Å². The smallest absolute Gasteiger partial charge is 0.309 e. The van der Waals surface area contributed by atoms with E-state index >= 15 is 0 Å². The summed E-state index contributed by atoms with van der Waals surface area (Å²) in [4.78, 5) is 12.0. The van der Waals surface area contributed by atoms with E-state index in [1.54, 1.807) is 0 Å². The van der Waals surface area contributed by atoms with E-state index in [-0.39, 0.29) is 29.3 Å². The largest absolute Gasteiger partial charge is 0.481 e. The van der Waals surface area contributed by atoms with E-state index in [0.29, 0.717) is 0 Å². The predicted molar refractivity (Wildman–Crippen MR) is 93.1 cm³/mol. The predicted octanol–water partition coefficient (Wildman–Crippen LogP) is 4.65. The maximum absolute atomic E-state index is 12.0. The fraction of sp³-hybridized carbons (Fsp3) is 0.850. The van der Waals surface area contributed by atoms with Crippen molar-refractivity contribution in [3.05, 3.63) is 12.2 Å². The molecule has 0 amide bonds. The second-order valence-corrected chi connectivity index (χ2v) is 8.57. The molecule has 2 aliphatic rings. The van der Waals surface area contributed by atoms with Gasteiger partial charge in [0.15, 0.2) is 0 Å². The van der Waals surface area contributed by atoms with Crippen LogP contribution in [0.15, 0.2) is 12.2 Å². The highest BCUT2D eigenvalue weighted by atomic mass is 16.4. The highest BCUT2D eigenvalue weighted by Crippen LogP contribution is 2.62. The molecule has 0 radical (unpaired) electrons. The van der Waals surface area contributed by atoms with Crippen LogP contribution in [0.2, 0.25) is 0 Å². The molecule has 2 N–H and O–H groups in total. The average molecular weight is 322 g/mol. The van der Waals surface area contributed by atoms with E-state index in [9.17, 15) is 15.0 Å². The van der Waals surface area contributed by atoms with Crippen LogP contribution in [0.4, 0.5) is 0 Å². The van der Waals surface area contributed by atoms with E-state index < -0.39 is 11.4 Å². The lowest BCUT2D eigenvalue weighted by molar-refractivity contribution is -0.164. The van der Waals surface area contributed by atoms with Crippen LogP contribution in [0.25, 0.3) is 0 Å². The number of allylic oxidation sites excluding steroid dienone is 1. The molecular weight excluding hydrogens is 288 g/mol. The molecule has 6 unspecified atom stereocenters. The molecule has 2 fully saturated rings. The highest BCUT2D eigenvalue weighted by Gasteiger charge is 2.57. The van der Waals surface area contributed by atoms with Gasteiger partial charge in [0, 0.05) is 0 Å². The molecule has 6 atom stereocenters. The van der Waals surface area contributed by atoms with Gasteiger partial charge in [-0.05, 0) is 62.2 Å². The first-order chi connectivity index (χ1) is 10.7. The molecule has 0 aromatic heterocycles. The van der Waals surface area contributed by atoms with E-state index in [2.05, 4.69) is 27.4 Å². The number of hydrogen-bond donors (Lipinski definition) is 2. The topological polar surface area (TPSA) is 57.5 Å². The Morgan fingerprint density at radius 2 is 2.04 bits per heavy atom. The SMILES string of the molecule is C=C1CCC2C(C)(C(=O)O)CCCC2(C)C1CC(O)C(C)CC. The van der Waals surface area contributed by atoms with Crippen molar-refractivity contribution in [3.63, 3.8) is 0 Å². The highest BCUT2D eigenvalue weighted by molar-refractivity contribution is 5.75. The third-order valence-corrected chi connectivity index (χ3v) is 7.29. The number of carboxylic acids is 1. The Hall–Kier alpha value is -0.830. The third kappa shape index (κ3) is 3.09. The Kier molecular flexibility index (Phi) is 5.30. The lowest BCUT2D eigenvalue weighted by atomic mass is 9.46. The van der Waals surface area contributed by atoms with Crippen LogP contribution < -0.4 is 0 Å². The Morgan fingerprint density at radius 3 is 2.61 bits per heavy atom. The number of hydrogen-bond acceptors (Lipinski definition) is 2. The molecule has 2 aliphatic carbocycles. The summed E-state index contributed by atoms with van der Waals surface area (Å²) in [7, 11) is 0. The van der Waals surface area contributed by atoms with Crippen LogP contribution in [0.1, 0.15) is 72.6 Å². The monoisotopic (exact) mass is 322 g/mol.